The van der Waals surface area contributed by atoms with Crippen LogP contribution in [0.1, 0.15) is 39.5 Å². The fourth-order valence-electron chi connectivity index (χ4n) is 2.66. The molecule has 0 heterocycles. The number of methoxy groups -OCH3 is 2. The summed E-state index contributed by atoms with van der Waals surface area (Å²) in [5.74, 6) is 0.663. The molecule has 1 saturated carbocycles. The highest BCUT2D eigenvalue weighted by molar-refractivity contribution is 5.75. The summed E-state index contributed by atoms with van der Waals surface area (Å²) in [5, 5.41) is 3.28. The molecular formula is C16H32N2O3. The Kier molecular flexibility index (Phi) is 8.88. The van der Waals surface area contributed by atoms with Crippen LogP contribution in [0.4, 0.5) is 0 Å². The minimum Gasteiger partial charge on any atom is -0.468 e. The summed E-state index contributed by atoms with van der Waals surface area (Å²) < 4.78 is 10.1. The summed E-state index contributed by atoms with van der Waals surface area (Å²) in [5.41, 5.74) is 0. The number of nitrogens with zero attached hydrogens (tertiary/aromatic N) is 1. The Balaban J connectivity index is 2.47. The lowest BCUT2D eigenvalue weighted by Gasteiger charge is -2.30. The molecule has 21 heavy (non-hydrogen) atoms. The fourth-order valence-corrected chi connectivity index (χ4v) is 2.66. The van der Waals surface area contributed by atoms with E-state index in [0.717, 1.165) is 45.0 Å². The van der Waals surface area contributed by atoms with Crippen molar-refractivity contribution in [2.24, 2.45) is 5.92 Å². The molecule has 0 spiro atoms. The van der Waals surface area contributed by atoms with Crippen molar-refractivity contribution in [1.82, 2.24) is 10.2 Å². The van der Waals surface area contributed by atoms with Crippen LogP contribution in [0, 0.1) is 5.92 Å². The molecule has 2 atom stereocenters. The lowest BCUT2D eigenvalue weighted by Crippen LogP contribution is -2.44. The molecule has 1 aliphatic rings. The van der Waals surface area contributed by atoms with Crippen LogP contribution in [0.5, 0.6) is 0 Å². The third kappa shape index (κ3) is 6.76. The van der Waals surface area contributed by atoms with Crippen molar-refractivity contribution >= 4 is 5.97 Å². The van der Waals surface area contributed by atoms with Gasteiger partial charge in [-0.25, -0.2) is 0 Å². The van der Waals surface area contributed by atoms with E-state index in [-0.39, 0.29) is 12.0 Å². The third-order valence-electron chi connectivity index (χ3n) is 4.29. The van der Waals surface area contributed by atoms with Crippen LogP contribution in [0.15, 0.2) is 0 Å². The van der Waals surface area contributed by atoms with E-state index in [1.54, 1.807) is 7.11 Å². The van der Waals surface area contributed by atoms with Gasteiger partial charge in [0.25, 0.3) is 0 Å². The average molecular weight is 300 g/mol. The smallest absolute Gasteiger partial charge is 0.322 e. The molecule has 1 aliphatic carbocycles. The van der Waals surface area contributed by atoms with Crippen molar-refractivity contribution in [2.75, 3.05) is 40.5 Å². The zero-order chi connectivity index (χ0) is 15.7. The van der Waals surface area contributed by atoms with Crippen LogP contribution in [0.25, 0.3) is 0 Å². The van der Waals surface area contributed by atoms with Crippen LogP contribution in [0.2, 0.25) is 0 Å². The van der Waals surface area contributed by atoms with Gasteiger partial charge in [0, 0.05) is 26.2 Å². The Morgan fingerprint density at radius 3 is 2.57 bits per heavy atom. The van der Waals surface area contributed by atoms with E-state index in [1.807, 2.05) is 0 Å². The average Bonchev–Trinajstić information content (AvgIpc) is 3.33. The predicted octanol–water partition coefficient (Wildman–Crippen LogP) is 1.66. The first-order valence-electron chi connectivity index (χ1n) is 8.18. The van der Waals surface area contributed by atoms with Gasteiger partial charge in [0.15, 0.2) is 0 Å². The Bertz CT molecular complexity index is 295. The number of rotatable bonds is 12. The van der Waals surface area contributed by atoms with Crippen molar-refractivity contribution in [3.63, 3.8) is 0 Å². The quantitative estimate of drug-likeness (QED) is 0.556. The van der Waals surface area contributed by atoms with E-state index in [9.17, 15) is 4.79 Å². The van der Waals surface area contributed by atoms with Crippen molar-refractivity contribution < 1.29 is 14.3 Å². The molecule has 0 aromatic rings. The van der Waals surface area contributed by atoms with Gasteiger partial charge in [-0.1, -0.05) is 6.92 Å². The van der Waals surface area contributed by atoms with Crippen molar-refractivity contribution in [1.29, 1.82) is 0 Å². The van der Waals surface area contributed by atoms with Gasteiger partial charge in [0.1, 0.15) is 6.04 Å². The number of ether oxygens (including phenoxy) is 2. The normalized spacial score (nSPS) is 17.8. The molecule has 1 rings (SSSR count). The lowest BCUT2D eigenvalue weighted by atomic mass is 10.1. The van der Waals surface area contributed by atoms with Gasteiger partial charge in [0.2, 0.25) is 0 Å². The van der Waals surface area contributed by atoms with Crippen molar-refractivity contribution in [3.8, 4) is 0 Å². The number of carbonyl (C=O) groups excluding carboxylic acids is 1. The van der Waals surface area contributed by atoms with Crippen LogP contribution in [0.3, 0.4) is 0 Å². The number of hydrogen-bond donors (Lipinski definition) is 1. The Labute approximate surface area is 129 Å². The molecule has 1 N–H and O–H groups in total. The minimum atomic E-state index is -0.202. The zero-order valence-electron chi connectivity index (χ0n) is 14.1. The third-order valence-corrected chi connectivity index (χ3v) is 4.29. The minimum absolute atomic E-state index is 0.158. The van der Waals surface area contributed by atoms with E-state index < -0.39 is 0 Å². The maximum Gasteiger partial charge on any atom is 0.322 e. The van der Waals surface area contributed by atoms with Crippen LogP contribution in [-0.4, -0.2) is 63.4 Å². The summed E-state index contributed by atoms with van der Waals surface area (Å²) in [6.45, 7) is 7.80. The lowest BCUT2D eigenvalue weighted by molar-refractivity contribution is -0.143. The summed E-state index contributed by atoms with van der Waals surface area (Å²) in [6.07, 6.45) is 4.46. The molecule has 0 bridgehead atoms. The second-order valence-corrected chi connectivity index (χ2v) is 5.93. The van der Waals surface area contributed by atoms with Crippen LogP contribution >= 0.6 is 0 Å². The number of hydrogen-bond acceptors (Lipinski definition) is 5. The van der Waals surface area contributed by atoms with E-state index in [1.165, 1.54) is 20.0 Å². The van der Waals surface area contributed by atoms with Crippen LogP contribution in [-0.2, 0) is 14.3 Å². The van der Waals surface area contributed by atoms with E-state index >= 15 is 0 Å². The molecule has 0 aromatic heterocycles. The van der Waals surface area contributed by atoms with E-state index in [2.05, 4.69) is 24.1 Å². The Morgan fingerprint density at radius 2 is 2.05 bits per heavy atom. The predicted molar refractivity (Wildman–Crippen MR) is 84.3 cm³/mol. The number of esters is 1. The molecule has 0 amide bonds. The highest BCUT2D eigenvalue weighted by Crippen LogP contribution is 2.35. The summed E-state index contributed by atoms with van der Waals surface area (Å²) >= 11 is 0. The highest BCUT2D eigenvalue weighted by Gasteiger charge is 2.32. The van der Waals surface area contributed by atoms with Gasteiger partial charge in [-0.05, 0) is 45.1 Å². The maximum absolute atomic E-state index is 11.8. The van der Waals surface area contributed by atoms with Crippen LogP contribution < -0.4 is 5.32 Å². The Hall–Kier alpha value is -0.650. The molecule has 0 radical (unpaired) electrons. The Morgan fingerprint density at radius 1 is 1.33 bits per heavy atom. The van der Waals surface area contributed by atoms with Gasteiger partial charge in [-0.15, -0.1) is 0 Å². The van der Waals surface area contributed by atoms with E-state index in [4.69, 9.17) is 9.47 Å². The fraction of sp³-hybridized carbons (Fsp3) is 0.938. The molecule has 1 fully saturated rings. The molecule has 2 unspecified atom stereocenters. The van der Waals surface area contributed by atoms with Gasteiger partial charge in [-0.3, -0.25) is 9.69 Å². The topological polar surface area (TPSA) is 50.8 Å². The standard InChI is InChI=1S/C16H32N2O3/c1-5-9-17-15(16(19)21-4)8-10-18(11-12-20-3)13(2)14-6-7-14/h13-15,17H,5-12H2,1-4H3. The monoisotopic (exact) mass is 300 g/mol. The largest absolute Gasteiger partial charge is 0.468 e. The first kappa shape index (κ1) is 18.4. The summed E-state index contributed by atoms with van der Waals surface area (Å²) in [7, 11) is 3.19. The molecule has 5 heteroatoms. The summed E-state index contributed by atoms with van der Waals surface area (Å²) in [6, 6.07) is 0.371. The first-order valence-corrected chi connectivity index (χ1v) is 8.18. The number of nitrogens with one attached hydrogen (secondary N) is 1. The van der Waals surface area contributed by atoms with E-state index in [0.29, 0.717) is 6.04 Å². The maximum atomic E-state index is 11.8. The van der Waals surface area contributed by atoms with Crippen molar-refractivity contribution in [2.45, 2.75) is 51.6 Å². The molecule has 0 aromatic carbocycles. The molecule has 0 aliphatic heterocycles. The SMILES string of the molecule is CCCNC(CCN(CCOC)C(C)C1CC1)C(=O)OC. The van der Waals surface area contributed by atoms with Gasteiger partial charge >= 0.3 is 5.97 Å². The molecule has 0 saturated heterocycles. The number of carbonyl (C=O) groups is 1. The van der Waals surface area contributed by atoms with Gasteiger partial charge < -0.3 is 14.8 Å². The second-order valence-electron chi connectivity index (χ2n) is 5.93. The zero-order valence-corrected chi connectivity index (χ0v) is 14.1. The molecule has 124 valence electrons. The van der Waals surface area contributed by atoms with Gasteiger partial charge in [0.05, 0.1) is 13.7 Å². The summed E-state index contributed by atoms with van der Waals surface area (Å²) in [4.78, 5) is 14.3. The van der Waals surface area contributed by atoms with Crippen molar-refractivity contribution in [3.05, 3.63) is 0 Å². The second kappa shape index (κ2) is 10.1. The molecular weight excluding hydrogens is 268 g/mol. The first-order chi connectivity index (χ1) is 10.1. The highest BCUT2D eigenvalue weighted by atomic mass is 16.5. The molecule has 5 nitrogen and oxygen atoms in total. The van der Waals surface area contributed by atoms with Gasteiger partial charge in [-0.2, -0.15) is 0 Å².